The summed E-state index contributed by atoms with van der Waals surface area (Å²) in [4.78, 5) is 13.9. The van der Waals surface area contributed by atoms with Crippen LogP contribution in [0.4, 0.5) is 13.2 Å². The molecule has 2 aromatic rings. The quantitative estimate of drug-likeness (QED) is 0.658. The maximum Gasteiger partial charge on any atom is 0.416 e. The summed E-state index contributed by atoms with van der Waals surface area (Å²) in [5, 5.41) is 0. The highest BCUT2D eigenvalue weighted by Gasteiger charge is 2.33. The molecular weight excluding hydrogens is 445 g/mol. The fourth-order valence-electron chi connectivity index (χ4n) is 3.83. The van der Waals surface area contributed by atoms with Gasteiger partial charge in [-0.3, -0.25) is 4.79 Å². The minimum absolute atomic E-state index is 0.0320. The van der Waals surface area contributed by atoms with Gasteiger partial charge in [-0.15, -0.1) is 0 Å². The molecular formula is C22H25F3N2O4S. The first kappa shape index (κ1) is 24.1. The van der Waals surface area contributed by atoms with Gasteiger partial charge in [0, 0.05) is 25.2 Å². The molecule has 1 N–H and O–H groups in total. The molecule has 10 heteroatoms. The van der Waals surface area contributed by atoms with Crippen LogP contribution >= 0.6 is 0 Å². The van der Waals surface area contributed by atoms with Crippen molar-refractivity contribution in [3.05, 3.63) is 59.2 Å². The molecule has 0 saturated heterocycles. The zero-order chi connectivity index (χ0) is 23.5. The number of amides is 1. The molecule has 32 heavy (non-hydrogen) atoms. The Kier molecular flexibility index (Phi) is 7.14. The molecule has 0 bridgehead atoms. The van der Waals surface area contributed by atoms with Crippen LogP contribution in [0.5, 0.6) is 5.75 Å². The minimum Gasteiger partial charge on any atom is -0.495 e. The van der Waals surface area contributed by atoms with Gasteiger partial charge in [0.25, 0.3) is 5.91 Å². The molecule has 0 atom stereocenters. The molecule has 3 rings (SSSR count). The fraction of sp³-hybridized carbons (Fsp3) is 0.409. The highest BCUT2D eigenvalue weighted by atomic mass is 32.2. The van der Waals surface area contributed by atoms with Crippen molar-refractivity contribution in [1.82, 2.24) is 9.62 Å². The number of halogens is 3. The first-order valence-electron chi connectivity index (χ1n) is 10.1. The predicted octanol–water partition coefficient (Wildman–Crippen LogP) is 4.21. The summed E-state index contributed by atoms with van der Waals surface area (Å²) in [6, 6.07) is 8.80. The zero-order valence-electron chi connectivity index (χ0n) is 17.8. The predicted molar refractivity (Wildman–Crippen MR) is 113 cm³/mol. The number of ether oxygens (including phenoxy) is 1. The van der Waals surface area contributed by atoms with E-state index in [0.717, 1.165) is 36.6 Å². The lowest BCUT2D eigenvalue weighted by atomic mass is 10.1. The summed E-state index contributed by atoms with van der Waals surface area (Å²) in [5.74, 6) is -0.529. The van der Waals surface area contributed by atoms with Crippen molar-refractivity contribution in [1.29, 1.82) is 0 Å². The summed E-state index contributed by atoms with van der Waals surface area (Å²) < 4.78 is 73.5. The van der Waals surface area contributed by atoms with Crippen molar-refractivity contribution in [3.63, 3.8) is 0 Å². The van der Waals surface area contributed by atoms with Gasteiger partial charge in [-0.05, 0) is 42.7 Å². The minimum atomic E-state index is -4.55. The molecule has 0 aliphatic heterocycles. The van der Waals surface area contributed by atoms with Crippen LogP contribution in [0.3, 0.4) is 0 Å². The average molecular weight is 471 g/mol. The number of sulfonamides is 1. The van der Waals surface area contributed by atoms with Crippen LogP contribution in [0.1, 0.15) is 47.2 Å². The van der Waals surface area contributed by atoms with Gasteiger partial charge < -0.3 is 9.64 Å². The number of nitrogens with one attached hydrogen (secondary N) is 1. The average Bonchev–Trinajstić information content (AvgIpc) is 3.24. The second-order valence-corrected chi connectivity index (χ2v) is 9.47. The number of nitrogens with zero attached hydrogens (tertiary/aromatic N) is 1. The Bertz CT molecular complexity index is 1080. The lowest BCUT2D eigenvalue weighted by Gasteiger charge is -2.21. The molecule has 1 aliphatic rings. The van der Waals surface area contributed by atoms with Crippen molar-refractivity contribution in [2.45, 2.75) is 49.3 Å². The smallest absolute Gasteiger partial charge is 0.416 e. The Morgan fingerprint density at radius 3 is 2.44 bits per heavy atom. The summed E-state index contributed by atoms with van der Waals surface area (Å²) in [5.41, 5.74) is -0.844. The molecule has 2 aromatic carbocycles. The Labute approximate surface area is 185 Å². The van der Waals surface area contributed by atoms with E-state index in [2.05, 4.69) is 4.72 Å². The van der Waals surface area contributed by atoms with Crippen LogP contribution in [-0.2, 0) is 22.7 Å². The molecule has 0 heterocycles. The Morgan fingerprint density at radius 1 is 1.16 bits per heavy atom. The molecule has 0 radical (unpaired) electrons. The lowest BCUT2D eigenvalue weighted by molar-refractivity contribution is -0.138. The van der Waals surface area contributed by atoms with Crippen molar-refractivity contribution >= 4 is 15.9 Å². The van der Waals surface area contributed by atoms with Crippen LogP contribution in [0.15, 0.2) is 47.4 Å². The molecule has 0 unspecified atom stereocenters. The Hall–Kier alpha value is -2.59. The third kappa shape index (κ3) is 5.42. The summed E-state index contributed by atoms with van der Waals surface area (Å²) in [6.07, 6.45) is -1.20. The molecule has 6 nitrogen and oxygen atoms in total. The van der Waals surface area contributed by atoms with E-state index in [4.69, 9.17) is 4.74 Å². The first-order chi connectivity index (χ1) is 15.0. The van der Waals surface area contributed by atoms with Crippen LogP contribution in [-0.4, -0.2) is 39.4 Å². The van der Waals surface area contributed by atoms with Gasteiger partial charge in [-0.2, -0.15) is 13.2 Å². The molecule has 1 amide bonds. The van der Waals surface area contributed by atoms with Crippen molar-refractivity contribution < 1.29 is 31.1 Å². The van der Waals surface area contributed by atoms with E-state index in [1.54, 1.807) is 0 Å². The second-order valence-electron chi connectivity index (χ2n) is 7.78. The van der Waals surface area contributed by atoms with Gasteiger partial charge in [-0.1, -0.05) is 31.0 Å². The fourth-order valence-corrected chi connectivity index (χ4v) is 5.33. The van der Waals surface area contributed by atoms with Gasteiger partial charge >= 0.3 is 6.18 Å². The van der Waals surface area contributed by atoms with E-state index in [9.17, 15) is 26.4 Å². The number of hydrogen-bond donors (Lipinski definition) is 1. The van der Waals surface area contributed by atoms with E-state index >= 15 is 0 Å². The standard InChI is InChI=1S/C22H25F3N2O4S/c1-27(14-16-7-3-6-10-18(16)22(23,24)25)21(28)15-11-12-19(31-2)20(13-15)32(29,30)26-17-8-4-5-9-17/h3,6-7,10-13,17,26H,4-5,8-9,14H2,1-2H3. The number of carbonyl (C=O) groups is 1. The number of hydrogen-bond acceptors (Lipinski definition) is 4. The summed E-state index contributed by atoms with van der Waals surface area (Å²) in [6.45, 7) is -0.289. The van der Waals surface area contributed by atoms with Gasteiger partial charge in [0.05, 0.1) is 12.7 Å². The second kappa shape index (κ2) is 9.50. The SMILES string of the molecule is COc1ccc(C(=O)N(C)Cc2ccccc2C(F)(F)F)cc1S(=O)(=O)NC1CCCC1. The van der Waals surface area contributed by atoms with Gasteiger partial charge in [0.15, 0.2) is 0 Å². The van der Waals surface area contributed by atoms with Crippen LogP contribution in [0, 0.1) is 0 Å². The van der Waals surface area contributed by atoms with Gasteiger partial charge in [-0.25, -0.2) is 13.1 Å². The number of alkyl halides is 3. The van der Waals surface area contributed by atoms with Gasteiger partial charge in [0.1, 0.15) is 10.6 Å². The van der Waals surface area contributed by atoms with E-state index < -0.39 is 27.7 Å². The topological polar surface area (TPSA) is 75.7 Å². The number of carbonyl (C=O) groups excluding carboxylic acids is 1. The summed E-state index contributed by atoms with van der Waals surface area (Å²) >= 11 is 0. The molecule has 1 fully saturated rings. The molecule has 0 aromatic heterocycles. The van der Waals surface area contributed by atoms with Crippen LogP contribution < -0.4 is 9.46 Å². The van der Waals surface area contributed by atoms with E-state index in [-0.39, 0.29) is 34.4 Å². The van der Waals surface area contributed by atoms with E-state index in [1.807, 2.05) is 0 Å². The van der Waals surface area contributed by atoms with Crippen molar-refractivity contribution in [3.8, 4) is 5.75 Å². The van der Waals surface area contributed by atoms with Crippen LogP contribution in [0.25, 0.3) is 0 Å². The van der Waals surface area contributed by atoms with Crippen molar-refractivity contribution in [2.24, 2.45) is 0 Å². The molecule has 1 saturated carbocycles. The van der Waals surface area contributed by atoms with E-state index in [1.165, 1.54) is 50.6 Å². The maximum atomic E-state index is 13.3. The van der Waals surface area contributed by atoms with E-state index in [0.29, 0.717) is 0 Å². The Balaban J connectivity index is 1.87. The highest BCUT2D eigenvalue weighted by Crippen LogP contribution is 2.33. The number of methoxy groups -OCH3 is 1. The zero-order valence-corrected chi connectivity index (χ0v) is 18.6. The number of rotatable bonds is 7. The number of benzene rings is 2. The highest BCUT2D eigenvalue weighted by molar-refractivity contribution is 7.89. The first-order valence-corrected chi connectivity index (χ1v) is 11.6. The third-order valence-corrected chi connectivity index (χ3v) is 7.00. The van der Waals surface area contributed by atoms with Crippen molar-refractivity contribution in [2.75, 3.05) is 14.2 Å². The van der Waals surface area contributed by atoms with Gasteiger partial charge in [0.2, 0.25) is 10.0 Å². The molecule has 0 spiro atoms. The largest absolute Gasteiger partial charge is 0.495 e. The lowest BCUT2D eigenvalue weighted by Crippen LogP contribution is -2.33. The third-order valence-electron chi connectivity index (χ3n) is 5.45. The van der Waals surface area contributed by atoms with Crippen LogP contribution in [0.2, 0.25) is 0 Å². The maximum absolute atomic E-state index is 13.3. The summed E-state index contributed by atoms with van der Waals surface area (Å²) in [7, 11) is -1.26. The molecule has 174 valence electrons. The normalized spacial score (nSPS) is 15.0. The molecule has 1 aliphatic carbocycles. The monoisotopic (exact) mass is 470 g/mol. The Morgan fingerprint density at radius 2 is 1.81 bits per heavy atom.